The smallest absolute Gasteiger partial charge is 0.189 e. The van der Waals surface area contributed by atoms with Crippen molar-refractivity contribution in [2.45, 2.75) is 5.16 Å². The van der Waals surface area contributed by atoms with Gasteiger partial charge in [0.1, 0.15) is 12.5 Å². The third-order valence-electron chi connectivity index (χ3n) is 1.21. The fourth-order valence-electron chi connectivity index (χ4n) is 0.684. The van der Waals surface area contributed by atoms with Crippen LogP contribution in [0.1, 0.15) is 0 Å². The Bertz CT molecular complexity index is 244. The highest BCUT2D eigenvalue weighted by atomic mass is 32.2. The van der Waals surface area contributed by atoms with Gasteiger partial charge in [0.2, 0.25) is 0 Å². The van der Waals surface area contributed by atoms with Crippen molar-refractivity contribution in [1.29, 1.82) is 0 Å². The minimum absolute atomic E-state index is 0.463. The van der Waals surface area contributed by atoms with E-state index >= 15 is 0 Å². The Balaban J connectivity index is 2.60. The van der Waals surface area contributed by atoms with Crippen LogP contribution < -0.4 is 5.32 Å². The monoisotopic (exact) mass is 185 g/mol. The first-order valence-corrected chi connectivity index (χ1v) is 4.69. The molecule has 0 aliphatic rings. The predicted molar refractivity (Wildman–Crippen MR) is 49.3 cm³/mol. The zero-order valence-corrected chi connectivity index (χ0v) is 7.89. The summed E-state index contributed by atoms with van der Waals surface area (Å²) in [4.78, 5) is 8.23. The molecule has 5 heteroatoms. The maximum absolute atomic E-state index is 4.84. The number of thioether (sulfide) groups is 1. The van der Waals surface area contributed by atoms with Gasteiger partial charge in [-0.15, -0.1) is 0 Å². The summed E-state index contributed by atoms with van der Waals surface area (Å²) in [5.74, 6) is 0.788. The zero-order valence-electron chi connectivity index (χ0n) is 7.07. The molecule has 0 radical (unpaired) electrons. The molecule has 1 N–H and O–H groups in total. The summed E-state index contributed by atoms with van der Waals surface area (Å²) in [6.07, 6.45) is 3.66. The van der Waals surface area contributed by atoms with Crippen LogP contribution in [0.2, 0.25) is 0 Å². The summed E-state index contributed by atoms with van der Waals surface area (Å²) in [5.41, 5.74) is 0. The van der Waals surface area contributed by atoms with E-state index in [1.165, 1.54) is 11.8 Å². The van der Waals surface area contributed by atoms with Gasteiger partial charge in [0.05, 0.1) is 0 Å². The van der Waals surface area contributed by atoms with E-state index in [1.54, 1.807) is 19.4 Å². The molecule has 1 heterocycles. The lowest BCUT2D eigenvalue weighted by Crippen LogP contribution is -2.05. The molecule has 1 aromatic rings. The van der Waals surface area contributed by atoms with Gasteiger partial charge in [-0.2, -0.15) is 0 Å². The second-order valence-electron chi connectivity index (χ2n) is 2.04. The van der Waals surface area contributed by atoms with Crippen LogP contribution >= 0.6 is 11.8 Å². The molecule has 0 saturated heterocycles. The van der Waals surface area contributed by atoms with Gasteiger partial charge in [0.25, 0.3) is 0 Å². The molecule has 12 heavy (non-hydrogen) atoms. The van der Waals surface area contributed by atoms with Crippen LogP contribution in [0, 0.1) is 0 Å². The Morgan fingerprint density at radius 1 is 1.67 bits per heavy atom. The van der Waals surface area contributed by atoms with Crippen LogP contribution in [0.5, 0.6) is 0 Å². The van der Waals surface area contributed by atoms with Crippen LogP contribution in [-0.2, 0) is 4.74 Å². The fourth-order valence-corrected chi connectivity index (χ4v) is 1.04. The number of aromatic nitrogens is 2. The second-order valence-corrected chi connectivity index (χ2v) is 2.81. The van der Waals surface area contributed by atoms with Gasteiger partial charge in [-0.25, -0.2) is 9.97 Å². The van der Waals surface area contributed by atoms with E-state index < -0.39 is 0 Å². The van der Waals surface area contributed by atoms with Gasteiger partial charge < -0.3 is 10.1 Å². The lowest BCUT2D eigenvalue weighted by molar-refractivity contribution is 0.221. The van der Waals surface area contributed by atoms with Crippen molar-refractivity contribution in [2.75, 3.05) is 25.4 Å². The SMILES string of the molecule is COCNc1ccnc(SC)n1. The minimum atomic E-state index is 0.463. The number of nitrogens with one attached hydrogen (secondary N) is 1. The maximum atomic E-state index is 4.84. The third kappa shape index (κ3) is 2.67. The van der Waals surface area contributed by atoms with Gasteiger partial charge in [-0.05, 0) is 12.3 Å². The molecule has 1 rings (SSSR count). The van der Waals surface area contributed by atoms with E-state index in [2.05, 4.69) is 15.3 Å². The van der Waals surface area contributed by atoms with Gasteiger partial charge >= 0.3 is 0 Å². The molecule has 4 nitrogen and oxygen atoms in total. The molecule has 0 atom stereocenters. The number of methoxy groups -OCH3 is 1. The molecule has 0 aliphatic heterocycles. The van der Waals surface area contributed by atoms with Gasteiger partial charge in [-0.1, -0.05) is 11.8 Å². The lowest BCUT2D eigenvalue weighted by Gasteiger charge is -2.03. The highest BCUT2D eigenvalue weighted by Crippen LogP contribution is 2.09. The summed E-state index contributed by atoms with van der Waals surface area (Å²) in [5, 5.41) is 3.74. The maximum Gasteiger partial charge on any atom is 0.189 e. The summed E-state index contributed by atoms with van der Waals surface area (Å²) >= 11 is 1.51. The topological polar surface area (TPSA) is 47.0 Å². The average molecular weight is 185 g/mol. The zero-order chi connectivity index (χ0) is 8.81. The third-order valence-corrected chi connectivity index (χ3v) is 1.78. The molecule has 0 saturated carbocycles. The molecule has 0 fully saturated rings. The Hall–Kier alpha value is -0.810. The number of anilines is 1. The average Bonchev–Trinajstić information content (AvgIpc) is 2.15. The Morgan fingerprint density at radius 2 is 2.50 bits per heavy atom. The number of hydrogen-bond acceptors (Lipinski definition) is 5. The fraction of sp³-hybridized carbons (Fsp3) is 0.429. The first-order chi connectivity index (χ1) is 5.86. The predicted octanol–water partition coefficient (Wildman–Crippen LogP) is 1.21. The van der Waals surface area contributed by atoms with Crippen molar-refractivity contribution in [2.24, 2.45) is 0 Å². The number of hydrogen-bond donors (Lipinski definition) is 1. The molecule has 0 amide bonds. The summed E-state index contributed by atoms with van der Waals surface area (Å²) < 4.78 is 4.84. The van der Waals surface area contributed by atoms with Crippen LogP contribution in [-0.4, -0.2) is 30.1 Å². The highest BCUT2D eigenvalue weighted by Gasteiger charge is 1.95. The Morgan fingerprint density at radius 3 is 3.17 bits per heavy atom. The van der Waals surface area contributed by atoms with Crippen molar-refractivity contribution in [3.63, 3.8) is 0 Å². The van der Waals surface area contributed by atoms with E-state index in [0.717, 1.165) is 11.0 Å². The van der Waals surface area contributed by atoms with E-state index in [0.29, 0.717) is 6.73 Å². The van der Waals surface area contributed by atoms with Crippen molar-refractivity contribution in [3.8, 4) is 0 Å². The Labute approximate surface area is 75.8 Å². The van der Waals surface area contributed by atoms with E-state index in [-0.39, 0.29) is 0 Å². The van der Waals surface area contributed by atoms with Crippen LogP contribution in [0.15, 0.2) is 17.4 Å². The molecule has 0 unspecified atom stereocenters. The lowest BCUT2D eigenvalue weighted by atomic mass is 10.6. The van der Waals surface area contributed by atoms with Crippen molar-refractivity contribution in [3.05, 3.63) is 12.3 Å². The van der Waals surface area contributed by atoms with Crippen molar-refractivity contribution < 1.29 is 4.74 Å². The van der Waals surface area contributed by atoms with E-state index in [9.17, 15) is 0 Å². The number of ether oxygens (including phenoxy) is 1. The number of rotatable bonds is 4. The van der Waals surface area contributed by atoms with Crippen LogP contribution in [0.25, 0.3) is 0 Å². The first kappa shape index (κ1) is 9.28. The van der Waals surface area contributed by atoms with E-state index in [4.69, 9.17) is 4.74 Å². The van der Waals surface area contributed by atoms with Crippen LogP contribution in [0.4, 0.5) is 5.82 Å². The van der Waals surface area contributed by atoms with E-state index in [1.807, 2.05) is 6.26 Å². The molecule has 0 aromatic carbocycles. The molecule has 0 aliphatic carbocycles. The van der Waals surface area contributed by atoms with Gasteiger partial charge in [0.15, 0.2) is 5.16 Å². The molecular formula is C7H11N3OS. The molecular weight excluding hydrogens is 174 g/mol. The molecule has 66 valence electrons. The molecule has 0 bridgehead atoms. The van der Waals surface area contributed by atoms with Crippen molar-refractivity contribution in [1.82, 2.24) is 9.97 Å². The standard InChI is InChI=1S/C7H11N3OS/c1-11-5-9-6-3-4-8-7(10-6)12-2/h3-4H,5H2,1-2H3,(H,8,9,10). The second kappa shape index (κ2) is 4.95. The summed E-state index contributed by atoms with van der Waals surface area (Å²) in [6.45, 7) is 0.463. The first-order valence-electron chi connectivity index (χ1n) is 3.46. The van der Waals surface area contributed by atoms with Gasteiger partial charge in [-0.3, -0.25) is 0 Å². The van der Waals surface area contributed by atoms with Gasteiger partial charge in [0, 0.05) is 13.3 Å². The minimum Gasteiger partial charge on any atom is -0.365 e. The largest absolute Gasteiger partial charge is 0.365 e. The number of nitrogens with zero attached hydrogens (tertiary/aromatic N) is 2. The molecule has 1 aromatic heterocycles. The van der Waals surface area contributed by atoms with Crippen molar-refractivity contribution >= 4 is 17.6 Å². The highest BCUT2D eigenvalue weighted by molar-refractivity contribution is 7.98. The summed E-state index contributed by atoms with van der Waals surface area (Å²) in [6, 6.07) is 1.80. The van der Waals surface area contributed by atoms with Crippen LogP contribution in [0.3, 0.4) is 0 Å². The molecule has 0 spiro atoms. The normalized spacial score (nSPS) is 9.83. The summed E-state index contributed by atoms with van der Waals surface area (Å²) in [7, 11) is 1.63. The quantitative estimate of drug-likeness (QED) is 0.434. The Kier molecular flexibility index (Phi) is 3.83.